The lowest BCUT2D eigenvalue weighted by molar-refractivity contribution is -0.107. The summed E-state index contributed by atoms with van der Waals surface area (Å²) in [6.07, 6.45) is 7.58. The molecule has 17 heavy (non-hydrogen) atoms. The summed E-state index contributed by atoms with van der Waals surface area (Å²) in [6, 6.07) is 0. The molecule has 1 N–H and O–H groups in total. The van der Waals surface area contributed by atoms with Gasteiger partial charge in [0.25, 0.3) is 0 Å². The Labute approximate surface area is 106 Å². The maximum absolute atomic E-state index is 9.55. The van der Waals surface area contributed by atoms with Gasteiger partial charge in [0.2, 0.25) is 0 Å². The Balaban J connectivity index is 0. The van der Waals surface area contributed by atoms with Crippen molar-refractivity contribution in [2.75, 3.05) is 6.61 Å². The van der Waals surface area contributed by atoms with Crippen molar-refractivity contribution in [2.24, 2.45) is 0 Å². The van der Waals surface area contributed by atoms with Gasteiger partial charge in [0.15, 0.2) is 0 Å². The number of aldehydes is 1. The molecule has 0 radical (unpaired) electrons. The van der Waals surface area contributed by atoms with Gasteiger partial charge in [0, 0.05) is 6.42 Å². The summed E-state index contributed by atoms with van der Waals surface area (Å²) in [4.78, 5) is 9.55. The van der Waals surface area contributed by atoms with E-state index in [1.807, 2.05) is 13.0 Å². The summed E-state index contributed by atoms with van der Waals surface area (Å²) in [5.74, 6) is 0. The van der Waals surface area contributed by atoms with Crippen molar-refractivity contribution < 1.29 is 9.90 Å². The number of carbonyl (C=O) groups is 1. The topological polar surface area (TPSA) is 37.3 Å². The molecule has 0 amide bonds. The molecule has 0 bridgehead atoms. The van der Waals surface area contributed by atoms with E-state index in [0.717, 1.165) is 24.7 Å². The van der Waals surface area contributed by atoms with E-state index >= 15 is 0 Å². The molecular formula is C15H26O2. The monoisotopic (exact) mass is 238 g/mol. The zero-order valence-corrected chi connectivity index (χ0v) is 11.6. The van der Waals surface area contributed by atoms with Gasteiger partial charge in [0.1, 0.15) is 6.29 Å². The molecule has 0 aliphatic carbocycles. The second kappa shape index (κ2) is 12.9. The van der Waals surface area contributed by atoms with Gasteiger partial charge < -0.3 is 9.90 Å². The van der Waals surface area contributed by atoms with Crippen molar-refractivity contribution in [3.05, 3.63) is 35.5 Å². The molecule has 0 aromatic heterocycles. The van der Waals surface area contributed by atoms with Crippen molar-refractivity contribution in [1.82, 2.24) is 0 Å². The predicted molar refractivity (Wildman–Crippen MR) is 75.0 cm³/mol. The van der Waals surface area contributed by atoms with Crippen molar-refractivity contribution >= 4 is 6.29 Å². The molecule has 98 valence electrons. The molecule has 0 saturated heterocycles. The van der Waals surface area contributed by atoms with Crippen molar-refractivity contribution in [1.29, 1.82) is 0 Å². The van der Waals surface area contributed by atoms with Crippen LogP contribution in [0, 0.1) is 0 Å². The Morgan fingerprint density at radius 1 is 1.18 bits per heavy atom. The first-order valence-electron chi connectivity index (χ1n) is 5.91. The first kappa shape index (κ1) is 18.2. The van der Waals surface area contributed by atoms with Gasteiger partial charge in [0.05, 0.1) is 6.61 Å². The molecule has 0 heterocycles. The first-order chi connectivity index (χ1) is 7.93. The van der Waals surface area contributed by atoms with Crippen LogP contribution in [0.4, 0.5) is 0 Å². The van der Waals surface area contributed by atoms with Gasteiger partial charge in [-0.15, -0.1) is 0 Å². The Kier molecular flexibility index (Phi) is 13.8. The van der Waals surface area contributed by atoms with Crippen LogP contribution in [-0.4, -0.2) is 18.0 Å². The van der Waals surface area contributed by atoms with Gasteiger partial charge >= 0.3 is 0 Å². The highest BCUT2D eigenvalue weighted by molar-refractivity contribution is 5.53. The smallest absolute Gasteiger partial charge is 0.124 e. The van der Waals surface area contributed by atoms with Gasteiger partial charge in [-0.25, -0.2) is 0 Å². The largest absolute Gasteiger partial charge is 0.392 e. The summed E-state index contributed by atoms with van der Waals surface area (Å²) in [7, 11) is 0. The van der Waals surface area contributed by atoms with Crippen LogP contribution in [0.15, 0.2) is 35.5 Å². The highest BCUT2D eigenvalue weighted by atomic mass is 16.2. The fourth-order valence-corrected chi connectivity index (χ4v) is 0.989. The normalized spacial score (nSPS) is 10.1. The van der Waals surface area contributed by atoms with Crippen molar-refractivity contribution in [2.45, 2.75) is 47.0 Å². The van der Waals surface area contributed by atoms with Crippen LogP contribution in [0.5, 0.6) is 0 Å². The molecule has 0 aromatic rings. The number of rotatable bonds is 6. The fraction of sp³-hybridized carbons (Fsp3) is 0.533. The third-order valence-corrected chi connectivity index (χ3v) is 1.96. The standard InChI is InChI=1S/C10H18O.C5H8O/c1-9(2)5-4-6-10(3)7-8-11;1-5(2)3-4-6/h5,7,11H,4,6,8H2,1-3H3;4H,1,3H2,2H3/b10-7+;. The van der Waals surface area contributed by atoms with E-state index in [0.29, 0.717) is 6.42 Å². The molecule has 0 fully saturated rings. The number of aliphatic hydroxyl groups is 1. The van der Waals surface area contributed by atoms with E-state index in [9.17, 15) is 4.79 Å². The van der Waals surface area contributed by atoms with Crippen LogP contribution in [0.3, 0.4) is 0 Å². The SMILES string of the molecule is C=C(C)CC=O.CC(C)=CCC/C(C)=C/CO. The summed E-state index contributed by atoms with van der Waals surface area (Å²) in [5.41, 5.74) is 3.55. The molecule has 0 aliphatic rings. The van der Waals surface area contributed by atoms with E-state index in [1.165, 1.54) is 11.1 Å². The molecule has 0 spiro atoms. The van der Waals surface area contributed by atoms with Crippen LogP contribution >= 0.6 is 0 Å². The fourth-order valence-electron chi connectivity index (χ4n) is 0.989. The average Bonchev–Trinajstić information content (AvgIpc) is 2.18. The number of aliphatic hydroxyl groups excluding tert-OH is 1. The Hall–Kier alpha value is -1.15. The van der Waals surface area contributed by atoms with E-state index in [2.05, 4.69) is 33.4 Å². The van der Waals surface area contributed by atoms with E-state index in [4.69, 9.17) is 5.11 Å². The lowest BCUT2D eigenvalue weighted by Crippen LogP contribution is -1.80. The second-order valence-corrected chi connectivity index (χ2v) is 4.38. The Morgan fingerprint density at radius 3 is 2.06 bits per heavy atom. The number of hydrogen-bond acceptors (Lipinski definition) is 2. The van der Waals surface area contributed by atoms with Crippen molar-refractivity contribution in [3.8, 4) is 0 Å². The van der Waals surface area contributed by atoms with Crippen LogP contribution < -0.4 is 0 Å². The van der Waals surface area contributed by atoms with E-state index < -0.39 is 0 Å². The number of carbonyl (C=O) groups excluding carboxylic acids is 1. The third kappa shape index (κ3) is 20.8. The molecule has 0 atom stereocenters. The van der Waals surface area contributed by atoms with Gasteiger partial charge in [-0.1, -0.05) is 35.5 Å². The number of hydrogen-bond donors (Lipinski definition) is 1. The zero-order chi connectivity index (χ0) is 13.7. The highest BCUT2D eigenvalue weighted by Crippen LogP contribution is 2.05. The lowest BCUT2D eigenvalue weighted by atomic mass is 10.1. The van der Waals surface area contributed by atoms with Crippen LogP contribution in [0.25, 0.3) is 0 Å². The molecule has 0 unspecified atom stereocenters. The molecule has 0 aliphatic heterocycles. The van der Waals surface area contributed by atoms with Gasteiger partial charge in [-0.05, 0) is 40.5 Å². The minimum atomic E-state index is 0.167. The molecular weight excluding hydrogens is 212 g/mol. The Morgan fingerprint density at radius 2 is 1.76 bits per heavy atom. The minimum absolute atomic E-state index is 0.167. The second-order valence-electron chi connectivity index (χ2n) is 4.38. The summed E-state index contributed by atoms with van der Waals surface area (Å²) in [6.45, 7) is 11.8. The number of allylic oxidation sites excluding steroid dienone is 4. The third-order valence-electron chi connectivity index (χ3n) is 1.96. The molecule has 0 aromatic carbocycles. The van der Waals surface area contributed by atoms with Crippen molar-refractivity contribution in [3.63, 3.8) is 0 Å². The zero-order valence-electron chi connectivity index (χ0n) is 11.6. The summed E-state index contributed by atoms with van der Waals surface area (Å²) in [5, 5.41) is 8.55. The Bertz CT molecular complexity index is 269. The lowest BCUT2D eigenvalue weighted by Gasteiger charge is -1.96. The first-order valence-corrected chi connectivity index (χ1v) is 5.91. The summed E-state index contributed by atoms with van der Waals surface area (Å²) >= 11 is 0. The maximum Gasteiger partial charge on any atom is 0.124 e. The minimum Gasteiger partial charge on any atom is -0.392 e. The van der Waals surface area contributed by atoms with Crippen LogP contribution in [0.1, 0.15) is 47.0 Å². The van der Waals surface area contributed by atoms with Gasteiger partial charge in [-0.2, -0.15) is 0 Å². The van der Waals surface area contributed by atoms with E-state index in [1.54, 1.807) is 0 Å². The average molecular weight is 238 g/mol. The predicted octanol–water partition coefficient (Wildman–Crippen LogP) is 3.82. The molecule has 0 saturated carbocycles. The van der Waals surface area contributed by atoms with E-state index in [-0.39, 0.29) is 6.61 Å². The molecule has 2 heteroatoms. The van der Waals surface area contributed by atoms with Crippen LogP contribution in [-0.2, 0) is 4.79 Å². The maximum atomic E-state index is 9.55. The van der Waals surface area contributed by atoms with Gasteiger partial charge in [-0.3, -0.25) is 0 Å². The highest BCUT2D eigenvalue weighted by Gasteiger charge is 1.86. The molecule has 0 rings (SSSR count). The molecule has 2 nitrogen and oxygen atoms in total. The quantitative estimate of drug-likeness (QED) is 0.564. The summed E-state index contributed by atoms with van der Waals surface area (Å²) < 4.78 is 0. The van der Waals surface area contributed by atoms with Crippen LogP contribution in [0.2, 0.25) is 0 Å².